The molecule has 0 aliphatic heterocycles. The van der Waals surface area contributed by atoms with Crippen molar-refractivity contribution in [3.05, 3.63) is 0 Å². The molecule has 1 aliphatic rings. The van der Waals surface area contributed by atoms with Crippen LogP contribution in [0.5, 0.6) is 0 Å². The van der Waals surface area contributed by atoms with E-state index < -0.39 is 18.0 Å². The Balaban J connectivity index is 2.21. The van der Waals surface area contributed by atoms with Crippen molar-refractivity contribution in [3.8, 4) is 0 Å². The number of hydrogen-bond donors (Lipinski definition) is 4. The van der Waals surface area contributed by atoms with Crippen LogP contribution in [0.25, 0.3) is 0 Å². The van der Waals surface area contributed by atoms with Gasteiger partial charge in [-0.1, -0.05) is 0 Å². The summed E-state index contributed by atoms with van der Waals surface area (Å²) in [4.78, 5) is 44.7. The summed E-state index contributed by atoms with van der Waals surface area (Å²) in [6.45, 7) is 1.97. The van der Waals surface area contributed by atoms with Gasteiger partial charge < -0.3 is 20.8 Å². The molecule has 0 heterocycles. The van der Waals surface area contributed by atoms with Crippen LogP contribution in [0.2, 0.25) is 0 Å². The topological polar surface area (TPSA) is 133 Å². The summed E-state index contributed by atoms with van der Waals surface area (Å²) >= 11 is 0. The van der Waals surface area contributed by atoms with Crippen LogP contribution in [0.3, 0.4) is 0 Å². The van der Waals surface area contributed by atoms with Crippen LogP contribution in [0.1, 0.15) is 51.9 Å². The van der Waals surface area contributed by atoms with Crippen LogP contribution in [-0.2, 0) is 19.2 Å². The minimum absolute atomic E-state index is 0.0115. The zero-order valence-corrected chi connectivity index (χ0v) is 13.9. The molecule has 0 aromatic rings. The van der Waals surface area contributed by atoms with Gasteiger partial charge in [0.25, 0.3) is 0 Å². The van der Waals surface area contributed by atoms with Gasteiger partial charge in [0.15, 0.2) is 0 Å². The minimum Gasteiger partial charge on any atom is -0.481 e. The summed E-state index contributed by atoms with van der Waals surface area (Å²) in [6, 6.07) is -0.889. The molecular formula is C16H26N2O6. The van der Waals surface area contributed by atoms with Crippen molar-refractivity contribution < 1.29 is 29.4 Å². The SMILES string of the molecule is C[C@H](NC(=O)C1CCC(CNC(=O)CCCC(=O)O)CC1)C(=O)O. The molecule has 136 valence electrons. The van der Waals surface area contributed by atoms with Gasteiger partial charge in [-0.3, -0.25) is 19.2 Å². The van der Waals surface area contributed by atoms with Crippen molar-refractivity contribution in [1.82, 2.24) is 10.6 Å². The summed E-state index contributed by atoms with van der Waals surface area (Å²) in [5.74, 6) is -2.20. The van der Waals surface area contributed by atoms with Crippen molar-refractivity contribution in [3.63, 3.8) is 0 Å². The Hall–Kier alpha value is -2.12. The normalized spacial score (nSPS) is 21.5. The second kappa shape index (κ2) is 9.89. The molecule has 0 saturated heterocycles. The van der Waals surface area contributed by atoms with E-state index in [4.69, 9.17) is 10.2 Å². The standard InChI is InChI=1S/C16H26N2O6/c1-10(16(23)24)18-15(22)12-7-5-11(6-8-12)9-17-13(19)3-2-4-14(20)21/h10-12H,2-9H2,1H3,(H,17,19)(H,18,22)(H,20,21)(H,23,24)/t10-,11?,12?/m0/s1. The molecule has 4 N–H and O–H groups in total. The van der Waals surface area contributed by atoms with Crippen LogP contribution in [-0.4, -0.2) is 46.6 Å². The number of amides is 2. The first-order valence-corrected chi connectivity index (χ1v) is 8.31. The summed E-state index contributed by atoms with van der Waals surface area (Å²) < 4.78 is 0. The molecule has 8 heteroatoms. The molecule has 0 bridgehead atoms. The molecule has 1 aliphatic carbocycles. The van der Waals surface area contributed by atoms with E-state index in [9.17, 15) is 19.2 Å². The maximum atomic E-state index is 12.0. The lowest BCUT2D eigenvalue weighted by Gasteiger charge is -2.28. The van der Waals surface area contributed by atoms with Gasteiger partial charge in [0.1, 0.15) is 6.04 Å². The largest absolute Gasteiger partial charge is 0.481 e. The van der Waals surface area contributed by atoms with Crippen molar-refractivity contribution in [2.75, 3.05) is 6.54 Å². The van der Waals surface area contributed by atoms with Gasteiger partial charge in [-0.05, 0) is 44.9 Å². The summed E-state index contributed by atoms with van der Waals surface area (Å²) in [7, 11) is 0. The molecule has 1 fully saturated rings. The van der Waals surface area contributed by atoms with E-state index in [1.54, 1.807) is 0 Å². The van der Waals surface area contributed by atoms with Gasteiger partial charge in [0, 0.05) is 25.3 Å². The molecule has 0 aromatic carbocycles. The van der Waals surface area contributed by atoms with Gasteiger partial charge in [0.05, 0.1) is 0 Å². The summed E-state index contributed by atoms with van der Waals surface area (Å²) in [5.41, 5.74) is 0. The van der Waals surface area contributed by atoms with Gasteiger partial charge in [0.2, 0.25) is 11.8 Å². The van der Waals surface area contributed by atoms with Crippen LogP contribution in [0, 0.1) is 11.8 Å². The molecule has 0 unspecified atom stereocenters. The smallest absolute Gasteiger partial charge is 0.325 e. The number of aliphatic carboxylic acids is 2. The Morgan fingerprint density at radius 1 is 1.04 bits per heavy atom. The quantitative estimate of drug-likeness (QED) is 0.489. The Labute approximate surface area is 141 Å². The van der Waals surface area contributed by atoms with E-state index in [0.717, 1.165) is 12.8 Å². The molecule has 0 spiro atoms. The van der Waals surface area contributed by atoms with E-state index in [2.05, 4.69) is 10.6 Å². The highest BCUT2D eigenvalue weighted by atomic mass is 16.4. The maximum absolute atomic E-state index is 12.0. The highest BCUT2D eigenvalue weighted by Gasteiger charge is 2.28. The highest BCUT2D eigenvalue weighted by Crippen LogP contribution is 2.28. The van der Waals surface area contributed by atoms with Gasteiger partial charge in [-0.25, -0.2) is 0 Å². The molecule has 2 amide bonds. The number of carboxylic acid groups (broad SMARTS) is 2. The predicted molar refractivity (Wildman–Crippen MR) is 85.2 cm³/mol. The molecule has 24 heavy (non-hydrogen) atoms. The number of carbonyl (C=O) groups is 4. The van der Waals surface area contributed by atoms with Crippen LogP contribution < -0.4 is 10.6 Å². The van der Waals surface area contributed by atoms with E-state index in [-0.39, 0.29) is 30.6 Å². The van der Waals surface area contributed by atoms with Gasteiger partial charge >= 0.3 is 11.9 Å². The molecule has 1 saturated carbocycles. The number of rotatable bonds is 9. The fourth-order valence-corrected chi connectivity index (χ4v) is 2.77. The lowest BCUT2D eigenvalue weighted by atomic mass is 9.81. The van der Waals surface area contributed by atoms with E-state index in [0.29, 0.717) is 31.7 Å². The van der Waals surface area contributed by atoms with Crippen molar-refractivity contribution >= 4 is 23.8 Å². The number of carbonyl (C=O) groups excluding carboxylic acids is 2. The first-order valence-electron chi connectivity index (χ1n) is 8.31. The third-order valence-electron chi connectivity index (χ3n) is 4.33. The summed E-state index contributed by atoms with van der Waals surface area (Å²) in [5, 5.41) is 22.6. The lowest BCUT2D eigenvalue weighted by molar-refractivity contribution is -0.142. The van der Waals surface area contributed by atoms with E-state index in [1.165, 1.54) is 6.92 Å². The minimum atomic E-state index is -1.05. The predicted octanol–water partition coefficient (Wildman–Crippen LogP) is 0.753. The molecular weight excluding hydrogens is 316 g/mol. The maximum Gasteiger partial charge on any atom is 0.325 e. The zero-order valence-electron chi connectivity index (χ0n) is 13.9. The average Bonchev–Trinajstić information content (AvgIpc) is 2.52. The van der Waals surface area contributed by atoms with E-state index >= 15 is 0 Å². The molecule has 0 aromatic heterocycles. The monoisotopic (exact) mass is 342 g/mol. The van der Waals surface area contributed by atoms with Crippen LogP contribution >= 0.6 is 0 Å². The molecule has 1 atom stereocenters. The molecule has 1 rings (SSSR count). The second-order valence-corrected chi connectivity index (χ2v) is 6.34. The first-order chi connectivity index (χ1) is 11.3. The van der Waals surface area contributed by atoms with Crippen molar-refractivity contribution in [1.29, 1.82) is 0 Å². The second-order valence-electron chi connectivity index (χ2n) is 6.34. The van der Waals surface area contributed by atoms with Gasteiger partial charge in [-0.2, -0.15) is 0 Å². The number of hydrogen-bond acceptors (Lipinski definition) is 4. The Bertz CT molecular complexity index is 471. The Morgan fingerprint density at radius 3 is 2.21 bits per heavy atom. The highest BCUT2D eigenvalue weighted by molar-refractivity contribution is 5.84. The molecule has 0 radical (unpaired) electrons. The fraction of sp³-hybridized carbons (Fsp3) is 0.750. The van der Waals surface area contributed by atoms with Crippen molar-refractivity contribution in [2.24, 2.45) is 11.8 Å². The van der Waals surface area contributed by atoms with Crippen LogP contribution in [0.4, 0.5) is 0 Å². The molecule has 8 nitrogen and oxygen atoms in total. The third kappa shape index (κ3) is 7.43. The first kappa shape index (κ1) is 19.9. The summed E-state index contributed by atoms with van der Waals surface area (Å²) in [6.07, 6.45) is 3.48. The van der Waals surface area contributed by atoms with Crippen LogP contribution in [0.15, 0.2) is 0 Å². The lowest BCUT2D eigenvalue weighted by Crippen LogP contribution is -2.43. The van der Waals surface area contributed by atoms with Crippen molar-refractivity contribution in [2.45, 2.75) is 57.9 Å². The Kier molecular flexibility index (Phi) is 8.21. The Morgan fingerprint density at radius 2 is 1.67 bits per heavy atom. The van der Waals surface area contributed by atoms with E-state index in [1.807, 2.05) is 0 Å². The zero-order chi connectivity index (χ0) is 18.1. The number of nitrogens with one attached hydrogen (secondary N) is 2. The average molecular weight is 342 g/mol. The van der Waals surface area contributed by atoms with Gasteiger partial charge in [-0.15, -0.1) is 0 Å². The third-order valence-corrected chi connectivity index (χ3v) is 4.33. The fourth-order valence-electron chi connectivity index (χ4n) is 2.77. The number of carboxylic acids is 2.